The van der Waals surface area contributed by atoms with Crippen molar-refractivity contribution in [3.05, 3.63) is 11.7 Å². The van der Waals surface area contributed by atoms with Crippen LogP contribution in [-0.4, -0.2) is 29.1 Å². The zero-order chi connectivity index (χ0) is 12.5. The molecule has 0 aliphatic heterocycles. The van der Waals surface area contributed by atoms with Gasteiger partial charge in [-0.25, -0.2) is 0 Å². The van der Waals surface area contributed by atoms with E-state index in [1.165, 1.54) is 0 Å². The molecule has 1 rings (SSSR count). The Morgan fingerprint density at radius 3 is 2.82 bits per heavy atom. The maximum atomic E-state index is 11.4. The molecule has 0 radical (unpaired) electrons. The number of aryl methyl sites for hydroxylation is 1. The molecule has 0 saturated carbocycles. The van der Waals surface area contributed by atoms with Crippen LogP contribution in [0, 0.1) is 0 Å². The minimum Gasteiger partial charge on any atom is -0.349 e. The van der Waals surface area contributed by atoms with Gasteiger partial charge in [0.05, 0.1) is 0 Å². The lowest BCUT2D eigenvalue weighted by Gasteiger charge is -1.96. The predicted molar refractivity (Wildman–Crippen MR) is 63.5 cm³/mol. The van der Waals surface area contributed by atoms with Crippen molar-refractivity contribution in [1.29, 1.82) is 0 Å². The molecule has 0 aromatic carbocycles. The minimum absolute atomic E-state index is 0.115. The number of carbonyl (C=O) groups is 1. The van der Waals surface area contributed by atoms with Gasteiger partial charge in [0.25, 0.3) is 11.7 Å². The molecule has 6 heteroatoms. The summed E-state index contributed by atoms with van der Waals surface area (Å²) < 4.78 is 4.99. The van der Waals surface area contributed by atoms with Gasteiger partial charge in [0.1, 0.15) is 0 Å². The first-order chi connectivity index (χ1) is 8.27. The van der Waals surface area contributed by atoms with Crippen molar-refractivity contribution in [3.63, 3.8) is 0 Å². The highest BCUT2D eigenvalue weighted by Gasteiger charge is 2.12. The fraction of sp³-hybridized carbons (Fsp3) is 0.727. The van der Waals surface area contributed by atoms with Crippen LogP contribution in [0.5, 0.6) is 0 Å². The number of hydrogen-bond donors (Lipinski definition) is 2. The summed E-state index contributed by atoms with van der Waals surface area (Å²) in [6.07, 6.45) is 4.96. The maximum Gasteiger partial charge on any atom is 0.292 e. The predicted octanol–water partition coefficient (Wildman–Crippen LogP) is 0.881. The van der Waals surface area contributed by atoms with Gasteiger partial charge in [-0.3, -0.25) is 4.79 Å². The molecule has 0 bridgehead atoms. The summed E-state index contributed by atoms with van der Waals surface area (Å²) in [5.74, 6) is 0.355. The molecule has 6 nitrogen and oxygen atoms in total. The third kappa shape index (κ3) is 4.95. The number of nitrogens with one attached hydrogen (secondary N) is 1. The first kappa shape index (κ1) is 13.6. The van der Waals surface area contributed by atoms with E-state index >= 15 is 0 Å². The van der Waals surface area contributed by atoms with Crippen molar-refractivity contribution >= 4 is 5.91 Å². The van der Waals surface area contributed by atoms with Gasteiger partial charge in [-0.15, -0.1) is 0 Å². The molecular weight excluding hydrogens is 220 g/mol. The molecule has 0 fully saturated rings. The van der Waals surface area contributed by atoms with Crippen molar-refractivity contribution in [2.75, 3.05) is 13.1 Å². The maximum absolute atomic E-state index is 11.4. The van der Waals surface area contributed by atoms with Gasteiger partial charge < -0.3 is 15.6 Å². The van der Waals surface area contributed by atoms with Gasteiger partial charge in [-0.05, 0) is 26.3 Å². The molecule has 3 N–H and O–H groups in total. The molecule has 1 aromatic rings. The lowest BCUT2D eigenvalue weighted by molar-refractivity contribution is 0.0942. The Morgan fingerprint density at radius 1 is 1.35 bits per heavy atom. The van der Waals surface area contributed by atoms with Crippen LogP contribution in [0.3, 0.4) is 0 Å². The summed E-state index contributed by atoms with van der Waals surface area (Å²) in [4.78, 5) is 15.4. The molecule has 0 unspecified atom stereocenters. The first-order valence-corrected chi connectivity index (χ1v) is 6.08. The second kappa shape index (κ2) is 7.78. The number of hydrogen-bond acceptors (Lipinski definition) is 5. The number of nitrogens with zero attached hydrogens (tertiary/aromatic N) is 2. The molecule has 0 aliphatic rings. The third-order valence-corrected chi connectivity index (χ3v) is 2.35. The molecule has 0 aliphatic carbocycles. The lowest BCUT2D eigenvalue weighted by atomic mass is 10.1. The molecule has 17 heavy (non-hydrogen) atoms. The summed E-state index contributed by atoms with van der Waals surface area (Å²) >= 11 is 0. The van der Waals surface area contributed by atoms with Gasteiger partial charge in [-0.1, -0.05) is 18.0 Å². The summed E-state index contributed by atoms with van der Waals surface area (Å²) in [6.45, 7) is 3.14. The number of aromatic nitrogens is 2. The van der Waals surface area contributed by atoms with E-state index in [-0.39, 0.29) is 11.7 Å². The molecule has 96 valence electrons. The van der Waals surface area contributed by atoms with Gasteiger partial charge >= 0.3 is 0 Å². The number of amides is 1. The molecule has 0 atom stereocenters. The summed E-state index contributed by atoms with van der Waals surface area (Å²) in [6, 6.07) is 0. The molecule has 0 saturated heterocycles. The zero-order valence-electron chi connectivity index (χ0n) is 10.2. The number of unbranched alkanes of at least 4 members (excludes halogenated alkanes) is 3. The summed E-state index contributed by atoms with van der Waals surface area (Å²) in [5.41, 5.74) is 5.40. The second-order valence-corrected chi connectivity index (χ2v) is 3.82. The Balaban J connectivity index is 2.28. The van der Waals surface area contributed by atoms with Crippen LogP contribution in [0.25, 0.3) is 0 Å². The van der Waals surface area contributed by atoms with Crippen molar-refractivity contribution < 1.29 is 9.32 Å². The fourth-order valence-electron chi connectivity index (χ4n) is 1.46. The van der Waals surface area contributed by atoms with Gasteiger partial charge in [0.15, 0.2) is 0 Å². The highest BCUT2D eigenvalue weighted by Crippen LogP contribution is 2.06. The topological polar surface area (TPSA) is 94.0 Å². The molecule has 1 heterocycles. The third-order valence-electron chi connectivity index (χ3n) is 2.35. The Hall–Kier alpha value is -1.43. The zero-order valence-corrected chi connectivity index (χ0v) is 10.2. The van der Waals surface area contributed by atoms with E-state index in [0.717, 1.165) is 38.6 Å². The van der Waals surface area contributed by atoms with Crippen LogP contribution in [0.15, 0.2) is 4.52 Å². The normalized spacial score (nSPS) is 10.5. The van der Waals surface area contributed by atoms with E-state index < -0.39 is 0 Å². The average Bonchev–Trinajstić information content (AvgIpc) is 2.78. The highest BCUT2D eigenvalue weighted by molar-refractivity contribution is 5.90. The van der Waals surface area contributed by atoms with Crippen molar-refractivity contribution in [2.45, 2.75) is 39.0 Å². The van der Waals surface area contributed by atoms with Crippen LogP contribution in [0.4, 0.5) is 0 Å². The fourth-order valence-corrected chi connectivity index (χ4v) is 1.46. The lowest BCUT2D eigenvalue weighted by Crippen LogP contribution is -2.23. The highest BCUT2D eigenvalue weighted by atomic mass is 16.5. The van der Waals surface area contributed by atoms with Crippen molar-refractivity contribution in [3.8, 4) is 0 Å². The smallest absolute Gasteiger partial charge is 0.292 e. The second-order valence-electron chi connectivity index (χ2n) is 3.82. The first-order valence-electron chi connectivity index (χ1n) is 6.08. The van der Waals surface area contributed by atoms with E-state index in [9.17, 15) is 4.79 Å². The van der Waals surface area contributed by atoms with E-state index in [1.54, 1.807) is 0 Å². The Morgan fingerprint density at radius 2 is 2.12 bits per heavy atom. The molecular formula is C11H20N4O2. The van der Waals surface area contributed by atoms with Crippen molar-refractivity contribution in [1.82, 2.24) is 15.5 Å². The summed E-state index contributed by atoms with van der Waals surface area (Å²) in [5, 5.41) is 6.25. The molecule has 1 aromatic heterocycles. The monoisotopic (exact) mass is 240 g/mol. The van der Waals surface area contributed by atoms with Gasteiger partial charge in [0.2, 0.25) is 5.89 Å². The Labute approximate surface area is 101 Å². The van der Waals surface area contributed by atoms with Crippen LogP contribution in [0.2, 0.25) is 0 Å². The molecule has 0 spiro atoms. The minimum atomic E-state index is -0.286. The quantitative estimate of drug-likeness (QED) is 0.658. The van der Waals surface area contributed by atoms with Crippen LogP contribution >= 0.6 is 0 Å². The molecule has 1 amide bonds. The van der Waals surface area contributed by atoms with Gasteiger partial charge in [0, 0.05) is 13.0 Å². The van der Waals surface area contributed by atoms with Gasteiger partial charge in [-0.2, -0.15) is 4.98 Å². The number of rotatable bonds is 8. The van der Waals surface area contributed by atoms with Crippen LogP contribution in [0.1, 0.15) is 49.1 Å². The van der Waals surface area contributed by atoms with E-state index in [0.29, 0.717) is 12.4 Å². The Bertz CT molecular complexity index is 338. The van der Waals surface area contributed by atoms with E-state index in [2.05, 4.69) is 15.5 Å². The SMILES string of the molecule is CCNC(=O)c1noc(CCCCCCN)n1. The summed E-state index contributed by atoms with van der Waals surface area (Å²) in [7, 11) is 0. The standard InChI is InChI=1S/C11H20N4O2/c1-2-13-11(16)10-14-9(17-15-10)7-5-3-4-6-8-12/h2-8,12H2,1H3,(H,13,16). The van der Waals surface area contributed by atoms with Crippen LogP contribution in [-0.2, 0) is 6.42 Å². The van der Waals surface area contributed by atoms with E-state index in [4.69, 9.17) is 10.3 Å². The van der Waals surface area contributed by atoms with Crippen LogP contribution < -0.4 is 11.1 Å². The number of nitrogens with two attached hydrogens (primary N) is 1. The number of carbonyl (C=O) groups excluding carboxylic acids is 1. The largest absolute Gasteiger partial charge is 0.349 e. The Kier molecular flexibility index (Phi) is 6.24. The van der Waals surface area contributed by atoms with Crippen molar-refractivity contribution in [2.24, 2.45) is 5.73 Å². The average molecular weight is 240 g/mol. The van der Waals surface area contributed by atoms with E-state index in [1.807, 2.05) is 6.92 Å².